The molecule has 0 aromatic carbocycles. The van der Waals surface area contributed by atoms with Crippen molar-refractivity contribution in [3.63, 3.8) is 0 Å². The molecule has 0 saturated carbocycles. The summed E-state index contributed by atoms with van der Waals surface area (Å²) in [7, 11) is 0. The average Bonchev–Trinajstić information content (AvgIpc) is 2.14. The quantitative estimate of drug-likeness (QED) is 0.711. The molecule has 17 heavy (non-hydrogen) atoms. The van der Waals surface area contributed by atoms with E-state index in [2.05, 4.69) is 15.3 Å². The molecule has 0 aliphatic carbocycles. The number of aryl methyl sites for hydroxylation is 1. The lowest BCUT2D eigenvalue weighted by Crippen LogP contribution is -2.22. The first-order valence-corrected chi connectivity index (χ1v) is 5.42. The van der Waals surface area contributed by atoms with Gasteiger partial charge in [0.2, 0.25) is 5.95 Å². The summed E-state index contributed by atoms with van der Waals surface area (Å²) in [4.78, 5) is 18.8. The Hall–Kier alpha value is -1.69. The van der Waals surface area contributed by atoms with Crippen LogP contribution in [0.1, 0.15) is 36.5 Å². The highest BCUT2D eigenvalue weighted by Gasteiger charge is 2.11. The van der Waals surface area contributed by atoms with Crippen molar-refractivity contribution < 1.29 is 15.0 Å². The van der Waals surface area contributed by atoms with E-state index < -0.39 is 12.1 Å². The van der Waals surface area contributed by atoms with Gasteiger partial charge in [0.05, 0.1) is 6.10 Å². The van der Waals surface area contributed by atoms with Crippen LogP contribution in [-0.2, 0) is 0 Å². The molecule has 0 radical (unpaired) electrons. The Morgan fingerprint density at radius 3 is 2.65 bits per heavy atom. The van der Waals surface area contributed by atoms with E-state index in [1.807, 2.05) is 6.92 Å². The summed E-state index contributed by atoms with van der Waals surface area (Å²) in [5, 5.41) is 21.0. The number of hydrogen-bond donors (Lipinski definition) is 3. The van der Waals surface area contributed by atoms with Crippen LogP contribution in [0.25, 0.3) is 0 Å². The normalized spacial score (nSPS) is 14.1. The summed E-state index contributed by atoms with van der Waals surface area (Å²) in [6.07, 6.45) is 0.112. The number of carbonyl (C=O) groups is 1. The second-order valence-corrected chi connectivity index (χ2v) is 4.15. The largest absolute Gasteiger partial charge is 0.477 e. The Labute approximate surface area is 99.7 Å². The minimum absolute atomic E-state index is 0.0292. The molecule has 2 atom stereocenters. The Balaban J connectivity index is 2.80. The number of aromatic nitrogens is 2. The van der Waals surface area contributed by atoms with Gasteiger partial charge >= 0.3 is 5.97 Å². The number of aromatic carboxylic acids is 1. The summed E-state index contributed by atoms with van der Waals surface area (Å²) in [6, 6.07) is 1.38. The number of anilines is 1. The maximum atomic E-state index is 10.8. The van der Waals surface area contributed by atoms with Gasteiger partial charge < -0.3 is 15.5 Å². The Kier molecular flexibility index (Phi) is 4.39. The number of nitrogens with zero attached hydrogens (tertiary/aromatic N) is 2. The number of carboxylic acids is 1. The van der Waals surface area contributed by atoms with E-state index in [0.29, 0.717) is 12.1 Å². The third-order valence-corrected chi connectivity index (χ3v) is 2.14. The van der Waals surface area contributed by atoms with Crippen LogP contribution < -0.4 is 5.32 Å². The Bertz CT molecular complexity index is 407. The number of nitrogens with one attached hydrogen (secondary N) is 1. The average molecular weight is 239 g/mol. The molecule has 2 unspecified atom stereocenters. The van der Waals surface area contributed by atoms with Gasteiger partial charge in [0.1, 0.15) is 0 Å². The standard InChI is InChI=1S/C11H17N3O3/c1-6(4-8(3)15)12-11-13-7(2)5-9(14-11)10(16)17/h5-6,8,15H,4H2,1-3H3,(H,16,17)(H,12,13,14). The molecule has 0 bridgehead atoms. The molecule has 0 aliphatic heterocycles. The van der Waals surface area contributed by atoms with Gasteiger partial charge in [0.25, 0.3) is 0 Å². The molecular weight excluding hydrogens is 222 g/mol. The van der Waals surface area contributed by atoms with Crippen molar-refractivity contribution in [1.82, 2.24) is 9.97 Å². The molecule has 94 valence electrons. The number of carboxylic acid groups (broad SMARTS) is 1. The number of rotatable bonds is 5. The van der Waals surface area contributed by atoms with Crippen molar-refractivity contribution in [2.24, 2.45) is 0 Å². The smallest absolute Gasteiger partial charge is 0.354 e. The van der Waals surface area contributed by atoms with Crippen molar-refractivity contribution >= 4 is 11.9 Å². The minimum atomic E-state index is -1.08. The molecule has 1 heterocycles. The number of hydrogen-bond acceptors (Lipinski definition) is 5. The van der Waals surface area contributed by atoms with Crippen LogP contribution in [0.15, 0.2) is 6.07 Å². The Morgan fingerprint density at radius 2 is 2.12 bits per heavy atom. The van der Waals surface area contributed by atoms with Gasteiger partial charge in [-0.25, -0.2) is 14.8 Å². The maximum Gasteiger partial charge on any atom is 0.354 e. The lowest BCUT2D eigenvalue weighted by Gasteiger charge is -2.15. The van der Waals surface area contributed by atoms with Gasteiger partial charge in [-0.05, 0) is 33.3 Å². The van der Waals surface area contributed by atoms with E-state index in [0.717, 1.165) is 0 Å². The van der Waals surface area contributed by atoms with E-state index in [9.17, 15) is 9.90 Å². The van der Waals surface area contributed by atoms with Gasteiger partial charge in [0.15, 0.2) is 5.69 Å². The summed E-state index contributed by atoms with van der Waals surface area (Å²) in [6.45, 7) is 5.27. The van der Waals surface area contributed by atoms with Gasteiger partial charge in [-0.1, -0.05) is 0 Å². The molecule has 0 amide bonds. The van der Waals surface area contributed by atoms with Crippen LogP contribution in [0.2, 0.25) is 0 Å². The van der Waals surface area contributed by atoms with E-state index >= 15 is 0 Å². The predicted octanol–water partition coefficient (Wildman–Crippen LogP) is 1.05. The lowest BCUT2D eigenvalue weighted by molar-refractivity contribution is 0.0690. The zero-order valence-corrected chi connectivity index (χ0v) is 10.1. The van der Waals surface area contributed by atoms with Crippen molar-refractivity contribution in [2.45, 2.75) is 39.3 Å². The monoisotopic (exact) mass is 239 g/mol. The zero-order valence-electron chi connectivity index (χ0n) is 10.1. The van der Waals surface area contributed by atoms with Gasteiger partial charge in [-0.2, -0.15) is 0 Å². The molecule has 0 aliphatic rings. The van der Waals surface area contributed by atoms with Crippen LogP contribution >= 0.6 is 0 Å². The van der Waals surface area contributed by atoms with Crippen LogP contribution in [-0.4, -0.2) is 38.3 Å². The van der Waals surface area contributed by atoms with E-state index in [1.165, 1.54) is 6.07 Å². The first-order valence-electron chi connectivity index (χ1n) is 5.42. The first-order chi connectivity index (χ1) is 7.88. The van der Waals surface area contributed by atoms with E-state index in [1.54, 1.807) is 13.8 Å². The van der Waals surface area contributed by atoms with Crippen LogP contribution in [0.5, 0.6) is 0 Å². The molecule has 6 nitrogen and oxygen atoms in total. The minimum Gasteiger partial charge on any atom is -0.477 e. The molecule has 1 aromatic rings. The fourth-order valence-electron chi connectivity index (χ4n) is 1.53. The van der Waals surface area contributed by atoms with Gasteiger partial charge in [-0.3, -0.25) is 0 Å². The number of aliphatic hydroxyl groups is 1. The Morgan fingerprint density at radius 1 is 1.47 bits per heavy atom. The van der Waals surface area contributed by atoms with Crippen LogP contribution in [0, 0.1) is 6.92 Å². The highest BCUT2D eigenvalue weighted by atomic mass is 16.4. The highest BCUT2D eigenvalue weighted by molar-refractivity contribution is 5.85. The summed E-state index contributed by atoms with van der Waals surface area (Å²) < 4.78 is 0. The molecule has 0 spiro atoms. The molecule has 0 saturated heterocycles. The van der Waals surface area contributed by atoms with E-state index in [4.69, 9.17) is 5.11 Å². The van der Waals surface area contributed by atoms with E-state index in [-0.39, 0.29) is 17.7 Å². The number of aliphatic hydroxyl groups excluding tert-OH is 1. The van der Waals surface area contributed by atoms with Crippen molar-refractivity contribution in [2.75, 3.05) is 5.32 Å². The fourth-order valence-corrected chi connectivity index (χ4v) is 1.53. The molecule has 6 heteroatoms. The van der Waals surface area contributed by atoms with Crippen molar-refractivity contribution in [3.8, 4) is 0 Å². The molecule has 1 rings (SSSR count). The zero-order chi connectivity index (χ0) is 13.0. The highest BCUT2D eigenvalue weighted by Crippen LogP contribution is 2.08. The molecule has 1 aromatic heterocycles. The maximum absolute atomic E-state index is 10.8. The molecule has 0 fully saturated rings. The molecular formula is C11H17N3O3. The third kappa shape index (κ3) is 4.36. The SMILES string of the molecule is Cc1cc(C(=O)O)nc(NC(C)CC(C)O)n1. The second-order valence-electron chi connectivity index (χ2n) is 4.15. The molecule has 3 N–H and O–H groups in total. The first kappa shape index (κ1) is 13.4. The third-order valence-electron chi connectivity index (χ3n) is 2.14. The summed E-state index contributed by atoms with van der Waals surface area (Å²) in [5.74, 6) is -0.808. The van der Waals surface area contributed by atoms with Gasteiger partial charge in [0, 0.05) is 11.7 Å². The van der Waals surface area contributed by atoms with Gasteiger partial charge in [-0.15, -0.1) is 0 Å². The topological polar surface area (TPSA) is 95.3 Å². The van der Waals surface area contributed by atoms with Crippen molar-refractivity contribution in [1.29, 1.82) is 0 Å². The second kappa shape index (κ2) is 5.58. The summed E-state index contributed by atoms with van der Waals surface area (Å²) in [5.41, 5.74) is 0.549. The van der Waals surface area contributed by atoms with Crippen LogP contribution in [0.4, 0.5) is 5.95 Å². The summed E-state index contributed by atoms with van der Waals surface area (Å²) >= 11 is 0. The fraction of sp³-hybridized carbons (Fsp3) is 0.545. The van der Waals surface area contributed by atoms with Crippen molar-refractivity contribution in [3.05, 3.63) is 17.5 Å². The lowest BCUT2D eigenvalue weighted by atomic mass is 10.2. The van der Waals surface area contributed by atoms with Crippen LogP contribution in [0.3, 0.4) is 0 Å². The predicted molar refractivity (Wildman–Crippen MR) is 63.1 cm³/mol.